The molecule has 0 atom stereocenters. The van der Waals surface area contributed by atoms with Gasteiger partial charge in [-0.2, -0.15) is 0 Å². The van der Waals surface area contributed by atoms with Gasteiger partial charge in [0, 0.05) is 17.7 Å². The van der Waals surface area contributed by atoms with Crippen LogP contribution in [0.3, 0.4) is 0 Å². The van der Waals surface area contributed by atoms with Crippen LogP contribution in [0.25, 0.3) is 0 Å². The fourth-order valence-electron chi connectivity index (χ4n) is 2.13. The smallest absolute Gasteiger partial charge is 0.308 e. The molecule has 0 fully saturated rings. The molecule has 20 heavy (non-hydrogen) atoms. The Hall–Kier alpha value is -2.43. The molecule has 0 bridgehead atoms. The summed E-state index contributed by atoms with van der Waals surface area (Å²) in [7, 11) is 0. The third-order valence-electron chi connectivity index (χ3n) is 3.05. The number of rotatable bonds is 4. The minimum absolute atomic E-state index is 0.213. The molecule has 0 aliphatic heterocycles. The number of nitrogens with one attached hydrogen (secondary N) is 1. The Morgan fingerprint density at radius 2 is 2.10 bits per heavy atom. The summed E-state index contributed by atoms with van der Waals surface area (Å²) in [5.41, 5.74) is 2.51. The van der Waals surface area contributed by atoms with Crippen LogP contribution < -0.4 is 5.56 Å². The molecular formula is C15H16N2O3. The average Bonchev–Trinajstić information content (AvgIpc) is 2.33. The first-order chi connectivity index (χ1) is 9.45. The van der Waals surface area contributed by atoms with E-state index in [-0.39, 0.29) is 17.5 Å². The molecule has 0 spiro atoms. The number of benzene rings is 1. The molecule has 0 aliphatic carbocycles. The number of hydrogen-bond donors (Lipinski definition) is 2. The third kappa shape index (κ3) is 3.32. The summed E-state index contributed by atoms with van der Waals surface area (Å²) in [5, 5.41) is 8.77. The number of hydrogen-bond acceptors (Lipinski definition) is 3. The second-order valence-electron chi connectivity index (χ2n) is 4.81. The lowest BCUT2D eigenvalue weighted by Crippen LogP contribution is -2.21. The number of aryl methyl sites for hydroxylation is 2. The van der Waals surface area contributed by atoms with Gasteiger partial charge in [0.15, 0.2) is 0 Å². The van der Waals surface area contributed by atoms with Gasteiger partial charge in [0.1, 0.15) is 5.82 Å². The molecule has 0 saturated heterocycles. The van der Waals surface area contributed by atoms with Crippen molar-refractivity contribution in [2.75, 3.05) is 0 Å². The Morgan fingerprint density at radius 3 is 2.70 bits per heavy atom. The normalized spacial score (nSPS) is 10.5. The van der Waals surface area contributed by atoms with Gasteiger partial charge in [-0.3, -0.25) is 9.59 Å². The Balaban J connectivity index is 2.31. The van der Waals surface area contributed by atoms with E-state index in [1.54, 1.807) is 6.92 Å². The van der Waals surface area contributed by atoms with Crippen LogP contribution in [0.2, 0.25) is 0 Å². The molecule has 2 rings (SSSR count). The van der Waals surface area contributed by atoms with E-state index in [9.17, 15) is 9.59 Å². The van der Waals surface area contributed by atoms with Crippen LogP contribution >= 0.6 is 0 Å². The van der Waals surface area contributed by atoms with Crippen LogP contribution in [-0.2, 0) is 17.6 Å². The Morgan fingerprint density at radius 1 is 1.35 bits per heavy atom. The van der Waals surface area contributed by atoms with Crippen LogP contribution in [-0.4, -0.2) is 21.0 Å². The lowest BCUT2D eigenvalue weighted by molar-refractivity contribution is -0.136. The van der Waals surface area contributed by atoms with Gasteiger partial charge in [-0.15, -0.1) is 0 Å². The molecule has 5 nitrogen and oxygen atoms in total. The standard InChI is InChI=1S/C15H16N2O3/c1-9-4-3-5-11(6-9)7-13-16-10(2)12(8-14(18)19)15(20)17-13/h3-6H,7-8H2,1-2H3,(H,18,19)(H,16,17,20). The van der Waals surface area contributed by atoms with Crippen molar-refractivity contribution in [3.8, 4) is 0 Å². The van der Waals surface area contributed by atoms with E-state index in [0.717, 1.165) is 11.1 Å². The van der Waals surface area contributed by atoms with Crippen LogP contribution in [0.5, 0.6) is 0 Å². The number of nitrogens with zero attached hydrogens (tertiary/aromatic N) is 1. The molecule has 1 heterocycles. The van der Waals surface area contributed by atoms with Crippen LogP contribution in [0.1, 0.15) is 28.2 Å². The molecule has 5 heteroatoms. The predicted octanol–water partition coefficient (Wildman–Crippen LogP) is 1.60. The number of carboxylic acid groups (broad SMARTS) is 1. The number of carboxylic acids is 1. The zero-order valence-corrected chi connectivity index (χ0v) is 11.4. The predicted molar refractivity (Wildman–Crippen MR) is 74.9 cm³/mol. The minimum atomic E-state index is -1.04. The number of aromatic amines is 1. The van der Waals surface area contributed by atoms with E-state index >= 15 is 0 Å². The fraction of sp³-hybridized carbons (Fsp3) is 0.267. The summed E-state index contributed by atoms with van der Waals surface area (Å²) >= 11 is 0. The molecule has 0 saturated carbocycles. The summed E-state index contributed by atoms with van der Waals surface area (Å²) < 4.78 is 0. The molecule has 2 N–H and O–H groups in total. The van der Waals surface area contributed by atoms with Crippen molar-refractivity contribution in [3.63, 3.8) is 0 Å². The summed E-state index contributed by atoms with van der Waals surface area (Å²) in [6, 6.07) is 7.95. The number of carbonyl (C=O) groups is 1. The van der Waals surface area contributed by atoms with Crippen molar-refractivity contribution in [1.82, 2.24) is 9.97 Å². The maximum Gasteiger partial charge on any atom is 0.308 e. The largest absolute Gasteiger partial charge is 0.481 e. The molecule has 0 aliphatic rings. The fourth-order valence-corrected chi connectivity index (χ4v) is 2.13. The van der Waals surface area contributed by atoms with Crippen molar-refractivity contribution < 1.29 is 9.90 Å². The van der Waals surface area contributed by atoms with Gasteiger partial charge in [0.25, 0.3) is 5.56 Å². The highest BCUT2D eigenvalue weighted by Gasteiger charge is 2.11. The molecule has 0 amide bonds. The molecule has 0 unspecified atom stereocenters. The van der Waals surface area contributed by atoms with E-state index in [1.807, 2.05) is 31.2 Å². The van der Waals surface area contributed by atoms with Crippen LogP contribution in [0.4, 0.5) is 0 Å². The first-order valence-electron chi connectivity index (χ1n) is 6.31. The summed E-state index contributed by atoms with van der Waals surface area (Å²) in [6.45, 7) is 3.66. The second kappa shape index (κ2) is 5.69. The summed E-state index contributed by atoms with van der Waals surface area (Å²) in [4.78, 5) is 29.6. The topological polar surface area (TPSA) is 83.0 Å². The first-order valence-corrected chi connectivity index (χ1v) is 6.31. The van der Waals surface area contributed by atoms with Crippen molar-refractivity contribution >= 4 is 5.97 Å². The molecule has 1 aromatic carbocycles. The maximum absolute atomic E-state index is 11.9. The van der Waals surface area contributed by atoms with Crippen molar-refractivity contribution in [2.45, 2.75) is 26.7 Å². The average molecular weight is 272 g/mol. The highest BCUT2D eigenvalue weighted by molar-refractivity contribution is 5.70. The van der Waals surface area contributed by atoms with E-state index in [2.05, 4.69) is 9.97 Å². The van der Waals surface area contributed by atoms with E-state index in [4.69, 9.17) is 5.11 Å². The molecule has 0 radical (unpaired) electrons. The Kier molecular flexibility index (Phi) is 3.98. The van der Waals surface area contributed by atoms with E-state index in [1.165, 1.54) is 0 Å². The number of H-pyrrole nitrogens is 1. The van der Waals surface area contributed by atoms with Crippen molar-refractivity contribution in [1.29, 1.82) is 0 Å². The van der Waals surface area contributed by atoms with Gasteiger partial charge in [0.05, 0.1) is 6.42 Å². The van der Waals surface area contributed by atoms with E-state index in [0.29, 0.717) is 17.9 Å². The Bertz CT molecular complexity index is 705. The minimum Gasteiger partial charge on any atom is -0.481 e. The quantitative estimate of drug-likeness (QED) is 0.885. The van der Waals surface area contributed by atoms with Gasteiger partial charge in [-0.1, -0.05) is 29.8 Å². The van der Waals surface area contributed by atoms with Crippen molar-refractivity contribution in [2.24, 2.45) is 0 Å². The SMILES string of the molecule is Cc1cccc(Cc2nc(C)c(CC(=O)O)c(=O)[nH]2)c1. The summed E-state index contributed by atoms with van der Waals surface area (Å²) in [5.74, 6) is -0.487. The second-order valence-corrected chi connectivity index (χ2v) is 4.81. The van der Waals surface area contributed by atoms with Gasteiger partial charge in [0.2, 0.25) is 0 Å². The lowest BCUT2D eigenvalue weighted by Gasteiger charge is -2.06. The number of aromatic nitrogens is 2. The monoisotopic (exact) mass is 272 g/mol. The number of aliphatic carboxylic acids is 1. The van der Waals surface area contributed by atoms with Crippen molar-refractivity contribution in [3.05, 3.63) is 62.8 Å². The van der Waals surface area contributed by atoms with Gasteiger partial charge < -0.3 is 10.1 Å². The van der Waals surface area contributed by atoms with Crippen LogP contribution in [0.15, 0.2) is 29.1 Å². The molecule has 104 valence electrons. The van der Waals surface area contributed by atoms with Gasteiger partial charge in [-0.05, 0) is 19.4 Å². The zero-order valence-electron chi connectivity index (χ0n) is 11.4. The molecule has 1 aromatic heterocycles. The molecule has 2 aromatic rings. The van der Waals surface area contributed by atoms with E-state index < -0.39 is 5.97 Å². The lowest BCUT2D eigenvalue weighted by atomic mass is 10.1. The third-order valence-corrected chi connectivity index (χ3v) is 3.05. The highest BCUT2D eigenvalue weighted by Crippen LogP contribution is 2.09. The first kappa shape index (κ1) is 14.0. The highest BCUT2D eigenvalue weighted by atomic mass is 16.4. The summed E-state index contributed by atoms with van der Waals surface area (Å²) in [6.07, 6.45) is 0.212. The zero-order chi connectivity index (χ0) is 14.7. The van der Waals surface area contributed by atoms with Crippen LogP contribution in [0, 0.1) is 13.8 Å². The van der Waals surface area contributed by atoms with Gasteiger partial charge >= 0.3 is 5.97 Å². The molecular weight excluding hydrogens is 256 g/mol. The maximum atomic E-state index is 11.9. The Labute approximate surface area is 116 Å². The van der Waals surface area contributed by atoms with Gasteiger partial charge in [-0.25, -0.2) is 4.98 Å².